The molecule has 1 heterocycles. The van der Waals surface area contributed by atoms with Crippen LogP contribution < -0.4 is 5.32 Å². The lowest BCUT2D eigenvalue weighted by molar-refractivity contribution is -0.138. The molecule has 1 aromatic rings. The minimum absolute atomic E-state index is 0.282. The fourth-order valence-electron chi connectivity index (χ4n) is 2.42. The van der Waals surface area contributed by atoms with Gasteiger partial charge >= 0.3 is 6.18 Å². The standard InChI is InChI=1S/C14H17F3N2O/c1-13(2)9-18-7-8-19(13)12(20)10-5-3-4-6-11(10)14(15,16)17/h3-6,18H,7-9H2,1-2H3. The highest BCUT2D eigenvalue weighted by molar-refractivity contribution is 5.96. The molecule has 1 amide bonds. The molecule has 0 bridgehead atoms. The lowest BCUT2D eigenvalue weighted by Gasteiger charge is -2.43. The molecular formula is C14H17F3N2O. The Morgan fingerprint density at radius 3 is 2.55 bits per heavy atom. The van der Waals surface area contributed by atoms with E-state index in [0.717, 1.165) is 6.07 Å². The number of rotatable bonds is 1. The van der Waals surface area contributed by atoms with Gasteiger partial charge in [0.2, 0.25) is 0 Å². The maximum absolute atomic E-state index is 13.0. The van der Waals surface area contributed by atoms with Gasteiger partial charge in [0.1, 0.15) is 0 Å². The normalized spacial score (nSPS) is 18.9. The first-order valence-corrected chi connectivity index (χ1v) is 6.42. The molecular weight excluding hydrogens is 269 g/mol. The molecule has 0 unspecified atom stereocenters. The van der Waals surface area contributed by atoms with Crippen LogP contribution in [0.1, 0.15) is 29.8 Å². The summed E-state index contributed by atoms with van der Waals surface area (Å²) in [4.78, 5) is 14.0. The minimum Gasteiger partial charge on any atom is -0.331 e. The molecule has 1 fully saturated rings. The predicted octanol–water partition coefficient (Wildman–Crippen LogP) is 2.53. The van der Waals surface area contributed by atoms with Gasteiger partial charge in [0.05, 0.1) is 16.7 Å². The van der Waals surface area contributed by atoms with Gasteiger partial charge in [-0.25, -0.2) is 0 Å². The Morgan fingerprint density at radius 2 is 1.95 bits per heavy atom. The Balaban J connectivity index is 2.39. The van der Waals surface area contributed by atoms with Crippen LogP contribution in [0.2, 0.25) is 0 Å². The van der Waals surface area contributed by atoms with E-state index in [0.29, 0.717) is 19.6 Å². The highest BCUT2D eigenvalue weighted by atomic mass is 19.4. The summed E-state index contributed by atoms with van der Waals surface area (Å²) in [7, 11) is 0. The largest absolute Gasteiger partial charge is 0.417 e. The molecule has 0 spiro atoms. The smallest absolute Gasteiger partial charge is 0.331 e. The molecule has 1 N–H and O–H groups in total. The number of piperazine rings is 1. The monoisotopic (exact) mass is 286 g/mol. The van der Waals surface area contributed by atoms with Crippen LogP contribution in [0.4, 0.5) is 13.2 Å². The van der Waals surface area contributed by atoms with E-state index in [2.05, 4.69) is 5.32 Å². The quantitative estimate of drug-likeness (QED) is 0.860. The average molecular weight is 286 g/mol. The zero-order chi connectivity index (χ0) is 15.0. The van der Waals surface area contributed by atoms with Gasteiger partial charge in [0.25, 0.3) is 5.91 Å². The van der Waals surface area contributed by atoms with E-state index in [-0.39, 0.29) is 5.56 Å². The van der Waals surface area contributed by atoms with E-state index in [1.807, 2.05) is 13.8 Å². The topological polar surface area (TPSA) is 32.3 Å². The van der Waals surface area contributed by atoms with Crippen LogP contribution >= 0.6 is 0 Å². The molecule has 1 aliphatic heterocycles. The molecule has 0 aliphatic carbocycles. The average Bonchev–Trinajstić information content (AvgIpc) is 2.36. The summed E-state index contributed by atoms with van der Waals surface area (Å²) in [5.74, 6) is -0.565. The van der Waals surface area contributed by atoms with E-state index in [1.54, 1.807) is 0 Å². The number of benzene rings is 1. The fourth-order valence-corrected chi connectivity index (χ4v) is 2.42. The third-order valence-corrected chi connectivity index (χ3v) is 3.51. The van der Waals surface area contributed by atoms with Crippen LogP contribution in [0.5, 0.6) is 0 Å². The Morgan fingerprint density at radius 1 is 1.30 bits per heavy atom. The van der Waals surface area contributed by atoms with Crippen molar-refractivity contribution in [3.63, 3.8) is 0 Å². The maximum Gasteiger partial charge on any atom is 0.417 e. The van der Waals surface area contributed by atoms with Crippen LogP contribution in [0.15, 0.2) is 24.3 Å². The predicted molar refractivity (Wildman–Crippen MR) is 69.4 cm³/mol. The van der Waals surface area contributed by atoms with Crippen molar-refractivity contribution in [1.29, 1.82) is 0 Å². The van der Waals surface area contributed by atoms with Crippen LogP contribution in [0, 0.1) is 0 Å². The van der Waals surface area contributed by atoms with Gasteiger partial charge in [0, 0.05) is 19.6 Å². The number of nitrogens with one attached hydrogen (secondary N) is 1. The van der Waals surface area contributed by atoms with Crippen molar-refractivity contribution in [3.8, 4) is 0 Å². The number of nitrogens with zero attached hydrogens (tertiary/aromatic N) is 1. The first-order valence-electron chi connectivity index (χ1n) is 6.42. The summed E-state index contributed by atoms with van der Waals surface area (Å²) in [6.07, 6.45) is -4.52. The summed E-state index contributed by atoms with van der Waals surface area (Å²) in [6, 6.07) is 4.94. The van der Waals surface area contributed by atoms with Gasteiger partial charge in [0.15, 0.2) is 0 Å². The molecule has 0 radical (unpaired) electrons. The van der Waals surface area contributed by atoms with Crippen LogP contribution in [0.3, 0.4) is 0 Å². The van der Waals surface area contributed by atoms with Crippen LogP contribution in [0.25, 0.3) is 0 Å². The lowest BCUT2D eigenvalue weighted by Crippen LogP contribution is -2.60. The first-order chi connectivity index (χ1) is 9.23. The van der Waals surface area contributed by atoms with Gasteiger partial charge in [-0.15, -0.1) is 0 Å². The summed E-state index contributed by atoms with van der Waals surface area (Å²) < 4.78 is 39.0. The van der Waals surface area contributed by atoms with Crippen molar-refractivity contribution in [3.05, 3.63) is 35.4 Å². The molecule has 0 saturated carbocycles. The van der Waals surface area contributed by atoms with Crippen molar-refractivity contribution < 1.29 is 18.0 Å². The second kappa shape index (κ2) is 5.09. The Bertz CT molecular complexity index is 511. The number of carbonyl (C=O) groups excluding carboxylic acids is 1. The van der Waals surface area contributed by atoms with Crippen molar-refractivity contribution in [2.24, 2.45) is 0 Å². The number of carbonyl (C=O) groups is 1. The number of alkyl halides is 3. The van der Waals surface area contributed by atoms with Crippen molar-refractivity contribution in [2.75, 3.05) is 19.6 Å². The second-order valence-electron chi connectivity index (χ2n) is 5.49. The highest BCUT2D eigenvalue weighted by Gasteiger charge is 2.39. The molecule has 1 aromatic carbocycles. The molecule has 2 rings (SSSR count). The Kier molecular flexibility index (Phi) is 3.77. The van der Waals surface area contributed by atoms with E-state index < -0.39 is 23.2 Å². The molecule has 1 saturated heterocycles. The zero-order valence-electron chi connectivity index (χ0n) is 11.4. The third kappa shape index (κ3) is 2.80. The molecule has 1 aliphatic rings. The van der Waals surface area contributed by atoms with Gasteiger partial charge in [-0.3, -0.25) is 4.79 Å². The molecule has 110 valence electrons. The van der Waals surface area contributed by atoms with Crippen molar-refractivity contribution in [1.82, 2.24) is 10.2 Å². The van der Waals surface area contributed by atoms with Crippen molar-refractivity contribution >= 4 is 5.91 Å². The van der Waals surface area contributed by atoms with Gasteiger partial charge in [-0.2, -0.15) is 13.2 Å². The second-order valence-corrected chi connectivity index (χ2v) is 5.49. The number of halogens is 3. The minimum atomic E-state index is -4.52. The van der Waals surface area contributed by atoms with E-state index in [4.69, 9.17) is 0 Å². The highest BCUT2D eigenvalue weighted by Crippen LogP contribution is 2.33. The van der Waals surface area contributed by atoms with Crippen LogP contribution in [-0.2, 0) is 6.18 Å². The summed E-state index contributed by atoms with van der Waals surface area (Å²) in [5.41, 5.74) is -1.66. The zero-order valence-corrected chi connectivity index (χ0v) is 11.4. The van der Waals surface area contributed by atoms with Gasteiger partial charge in [-0.05, 0) is 26.0 Å². The third-order valence-electron chi connectivity index (χ3n) is 3.51. The SMILES string of the molecule is CC1(C)CNCCN1C(=O)c1ccccc1C(F)(F)F. The first kappa shape index (κ1) is 14.8. The van der Waals surface area contributed by atoms with Crippen molar-refractivity contribution in [2.45, 2.75) is 25.6 Å². The summed E-state index contributed by atoms with van der Waals surface area (Å²) >= 11 is 0. The Hall–Kier alpha value is -1.56. The number of hydrogen-bond acceptors (Lipinski definition) is 2. The summed E-state index contributed by atoms with van der Waals surface area (Å²) in [6.45, 7) is 5.23. The molecule has 20 heavy (non-hydrogen) atoms. The molecule has 0 aromatic heterocycles. The lowest BCUT2D eigenvalue weighted by atomic mass is 9.97. The van der Waals surface area contributed by atoms with Gasteiger partial charge < -0.3 is 10.2 Å². The maximum atomic E-state index is 13.0. The van der Waals surface area contributed by atoms with Crippen LogP contribution in [-0.4, -0.2) is 36.0 Å². The fraction of sp³-hybridized carbons (Fsp3) is 0.500. The Labute approximate surface area is 115 Å². The number of amides is 1. The molecule has 3 nitrogen and oxygen atoms in total. The molecule has 6 heteroatoms. The van der Waals surface area contributed by atoms with Gasteiger partial charge in [-0.1, -0.05) is 12.1 Å². The van der Waals surface area contributed by atoms with E-state index in [1.165, 1.54) is 23.1 Å². The van der Waals surface area contributed by atoms with E-state index >= 15 is 0 Å². The number of hydrogen-bond donors (Lipinski definition) is 1. The molecule has 0 atom stereocenters. The summed E-state index contributed by atoms with van der Waals surface area (Å²) in [5, 5.41) is 3.14. The van der Waals surface area contributed by atoms with E-state index in [9.17, 15) is 18.0 Å².